The van der Waals surface area contributed by atoms with E-state index in [0.29, 0.717) is 29.4 Å². The topological polar surface area (TPSA) is 64.6 Å². The van der Waals surface area contributed by atoms with Crippen molar-refractivity contribution in [1.82, 2.24) is 5.32 Å². The molecule has 7 heteroatoms. The van der Waals surface area contributed by atoms with E-state index in [1.54, 1.807) is 7.11 Å². The van der Waals surface area contributed by atoms with Gasteiger partial charge < -0.3 is 14.8 Å². The summed E-state index contributed by atoms with van der Waals surface area (Å²) >= 11 is 6.19. The van der Waals surface area contributed by atoms with Crippen molar-refractivity contribution in [2.24, 2.45) is 0 Å². The molecule has 0 saturated heterocycles. The molecular formula is C14H22ClNO4S. The quantitative estimate of drug-likeness (QED) is 0.790. The van der Waals surface area contributed by atoms with Crippen LogP contribution in [0.25, 0.3) is 0 Å². The minimum Gasteiger partial charge on any atom is -0.493 e. The van der Waals surface area contributed by atoms with Gasteiger partial charge >= 0.3 is 0 Å². The van der Waals surface area contributed by atoms with Crippen LogP contribution in [-0.2, 0) is 9.84 Å². The smallest absolute Gasteiger partial charge is 0.179 e. The third kappa shape index (κ3) is 5.37. The van der Waals surface area contributed by atoms with Gasteiger partial charge in [0, 0.05) is 18.1 Å². The van der Waals surface area contributed by atoms with E-state index < -0.39 is 9.84 Å². The lowest BCUT2D eigenvalue weighted by molar-refractivity contribution is 0.354. The highest BCUT2D eigenvalue weighted by Crippen LogP contribution is 2.38. The molecule has 1 unspecified atom stereocenters. The lowest BCUT2D eigenvalue weighted by atomic mass is 10.0. The van der Waals surface area contributed by atoms with Crippen molar-refractivity contribution in [2.75, 3.05) is 33.3 Å². The fraction of sp³-hybridized carbons (Fsp3) is 0.571. The highest BCUT2D eigenvalue weighted by molar-refractivity contribution is 7.90. The predicted octanol–water partition coefficient (Wildman–Crippen LogP) is 2.44. The van der Waals surface area contributed by atoms with Crippen LogP contribution in [0.2, 0.25) is 5.02 Å². The monoisotopic (exact) mass is 335 g/mol. The maximum absolute atomic E-state index is 11.2. The van der Waals surface area contributed by atoms with Gasteiger partial charge in [0.25, 0.3) is 0 Å². The van der Waals surface area contributed by atoms with Gasteiger partial charge in [0.05, 0.1) is 19.2 Å². The average Bonchev–Trinajstić information content (AvgIpc) is 2.41. The molecule has 0 spiro atoms. The molecule has 21 heavy (non-hydrogen) atoms. The molecule has 1 rings (SSSR count). The zero-order valence-corrected chi connectivity index (χ0v) is 14.3. The van der Waals surface area contributed by atoms with E-state index in [9.17, 15) is 8.42 Å². The summed E-state index contributed by atoms with van der Waals surface area (Å²) < 4.78 is 32.9. The minimum absolute atomic E-state index is 0.00376. The Bertz CT molecular complexity index is 575. The summed E-state index contributed by atoms with van der Waals surface area (Å²) in [4.78, 5) is 0. The number of hydrogen-bond acceptors (Lipinski definition) is 5. The Morgan fingerprint density at radius 3 is 2.43 bits per heavy atom. The predicted molar refractivity (Wildman–Crippen MR) is 85.3 cm³/mol. The van der Waals surface area contributed by atoms with Crippen LogP contribution in [0, 0.1) is 0 Å². The van der Waals surface area contributed by atoms with Crippen LogP contribution in [0.1, 0.15) is 24.4 Å². The second kappa shape index (κ2) is 7.87. The van der Waals surface area contributed by atoms with Crippen molar-refractivity contribution < 1.29 is 17.9 Å². The lowest BCUT2D eigenvalue weighted by Crippen LogP contribution is -2.18. The Morgan fingerprint density at radius 2 is 1.95 bits per heavy atom. The number of ether oxygens (including phenoxy) is 2. The summed E-state index contributed by atoms with van der Waals surface area (Å²) in [5.74, 6) is 1.23. The fourth-order valence-electron chi connectivity index (χ4n) is 2.17. The van der Waals surface area contributed by atoms with Crippen LogP contribution < -0.4 is 14.8 Å². The third-order valence-corrected chi connectivity index (χ3v) is 4.53. The maximum Gasteiger partial charge on any atom is 0.179 e. The SMILES string of the molecule is CNC(CCCS(C)(=O)=O)c1cc(Cl)c(OC)c(OC)c1. The van der Waals surface area contributed by atoms with Gasteiger partial charge in [-0.15, -0.1) is 0 Å². The number of sulfone groups is 1. The van der Waals surface area contributed by atoms with E-state index in [2.05, 4.69) is 5.32 Å². The van der Waals surface area contributed by atoms with Crippen LogP contribution in [0.5, 0.6) is 11.5 Å². The number of methoxy groups -OCH3 is 2. The Balaban J connectivity index is 2.93. The number of rotatable bonds is 8. The third-order valence-electron chi connectivity index (χ3n) is 3.21. The molecule has 1 aromatic rings. The van der Waals surface area contributed by atoms with E-state index in [4.69, 9.17) is 21.1 Å². The first-order valence-corrected chi connectivity index (χ1v) is 9.02. The first-order chi connectivity index (χ1) is 9.82. The highest BCUT2D eigenvalue weighted by atomic mass is 35.5. The van der Waals surface area contributed by atoms with Crippen molar-refractivity contribution in [1.29, 1.82) is 0 Å². The first kappa shape index (κ1) is 18.1. The molecule has 0 aliphatic rings. The van der Waals surface area contributed by atoms with Gasteiger partial charge in [-0.2, -0.15) is 0 Å². The van der Waals surface area contributed by atoms with Crippen molar-refractivity contribution in [3.63, 3.8) is 0 Å². The van der Waals surface area contributed by atoms with E-state index in [1.807, 2.05) is 19.2 Å². The second-order valence-electron chi connectivity index (χ2n) is 4.85. The minimum atomic E-state index is -2.94. The summed E-state index contributed by atoms with van der Waals surface area (Å²) in [7, 11) is 1.97. The van der Waals surface area contributed by atoms with Crippen LogP contribution in [0.3, 0.4) is 0 Å². The first-order valence-electron chi connectivity index (χ1n) is 6.58. The summed E-state index contributed by atoms with van der Waals surface area (Å²) in [6.07, 6.45) is 2.51. The van der Waals surface area contributed by atoms with Gasteiger partial charge in [-0.25, -0.2) is 8.42 Å². The zero-order chi connectivity index (χ0) is 16.0. The van der Waals surface area contributed by atoms with E-state index in [1.165, 1.54) is 13.4 Å². The van der Waals surface area contributed by atoms with Gasteiger partial charge in [-0.1, -0.05) is 11.6 Å². The van der Waals surface area contributed by atoms with E-state index >= 15 is 0 Å². The number of hydrogen-bond donors (Lipinski definition) is 1. The molecule has 0 heterocycles. The Hall–Kier alpha value is -0.980. The molecule has 0 saturated carbocycles. The van der Waals surface area contributed by atoms with Crippen molar-refractivity contribution in [3.8, 4) is 11.5 Å². The van der Waals surface area contributed by atoms with Crippen molar-refractivity contribution in [3.05, 3.63) is 22.7 Å². The largest absolute Gasteiger partial charge is 0.493 e. The summed E-state index contributed by atoms with van der Waals surface area (Å²) in [5, 5.41) is 3.64. The Labute approximate surface area is 131 Å². The molecule has 0 radical (unpaired) electrons. The van der Waals surface area contributed by atoms with Gasteiger partial charge in [0.2, 0.25) is 0 Å². The number of benzene rings is 1. The van der Waals surface area contributed by atoms with Gasteiger partial charge in [0.1, 0.15) is 9.84 Å². The van der Waals surface area contributed by atoms with Crippen LogP contribution in [0.15, 0.2) is 12.1 Å². The molecule has 1 atom stereocenters. The second-order valence-corrected chi connectivity index (χ2v) is 7.52. The van der Waals surface area contributed by atoms with Crippen LogP contribution >= 0.6 is 11.6 Å². The fourth-order valence-corrected chi connectivity index (χ4v) is 3.15. The standard InChI is InChI=1S/C14H22ClNO4S/c1-16-12(6-5-7-21(4,17)18)10-8-11(15)14(20-3)13(9-10)19-2/h8-9,12,16H,5-7H2,1-4H3. The molecule has 5 nitrogen and oxygen atoms in total. The zero-order valence-electron chi connectivity index (χ0n) is 12.8. The summed E-state index contributed by atoms with van der Waals surface area (Å²) in [6, 6.07) is 3.67. The Kier molecular flexibility index (Phi) is 6.77. The molecule has 0 aliphatic heterocycles. The van der Waals surface area contributed by atoms with Crippen molar-refractivity contribution in [2.45, 2.75) is 18.9 Å². The Morgan fingerprint density at radius 1 is 1.29 bits per heavy atom. The molecular weight excluding hydrogens is 314 g/mol. The molecule has 1 aromatic carbocycles. The number of nitrogens with one attached hydrogen (secondary N) is 1. The van der Waals surface area contributed by atoms with Crippen LogP contribution in [-0.4, -0.2) is 41.7 Å². The highest BCUT2D eigenvalue weighted by Gasteiger charge is 2.17. The van der Waals surface area contributed by atoms with Gasteiger partial charge in [-0.05, 0) is 37.6 Å². The normalized spacial score (nSPS) is 13.0. The van der Waals surface area contributed by atoms with E-state index in [0.717, 1.165) is 5.56 Å². The number of halogens is 1. The van der Waals surface area contributed by atoms with Crippen molar-refractivity contribution >= 4 is 21.4 Å². The van der Waals surface area contributed by atoms with E-state index in [-0.39, 0.29) is 11.8 Å². The molecule has 0 fully saturated rings. The lowest BCUT2D eigenvalue weighted by Gasteiger charge is -2.19. The molecule has 1 N–H and O–H groups in total. The molecule has 0 bridgehead atoms. The van der Waals surface area contributed by atoms with Gasteiger partial charge in [-0.3, -0.25) is 0 Å². The molecule has 120 valence electrons. The maximum atomic E-state index is 11.2. The summed E-state index contributed by atoms with van der Waals surface area (Å²) in [5.41, 5.74) is 0.939. The van der Waals surface area contributed by atoms with Gasteiger partial charge in [0.15, 0.2) is 11.5 Å². The molecule has 0 aliphatic carbocycles. The average molecular weight is 336 g/mol. The summed E-state index contributed by atoms with van der Waals surface area (Å²) in [6.45, 7) is 0. The van der Waals surface area contributed by atoms with Crippen LogP contribution in [0.4, 0.5) is 0 Å². The molecule has 0 aromatic heterocycles. The molecule has 0 amide bonds.